The second-order valence-corrected chi connectivity index (χ2v) is 14.8. The fraction of sp³-hybridized carbons (Fsp3) is 0.0943. The van der Waals surface area contributed by atoms with Crippen molar-refractivity contribution in [2.24, 2.45) is 0 Å². The molecule has 1 unspecified atom stereocenters. The van der Waals surface area contributed by atoms with Crippen LogP contribution in [0.1, 0.15) is 58.7 Å². The maximum absolute atomic E-state index is 3.70. The van der Waals surface area contributed by atoms with Crippen molar-refractivity contribution >= 4 is 35.9 Å². The molecular weight excluding hydrogens is 799 g/mol. The van der Waals surface area contributed by atoms with Crippen molar-refractivity contribution < 1.29 is 49.0 Å². The van der Waals surface area contributed by atoms with E-state index in [-0.39, 0.29) is 30.7 Å². The summed E-state index contributed by atoms with van der Waals surface area (Å²) in [5.74, 6) is 0.210. The van der Waals surface area contributed by atoms with Gasteiger partial charge in [0.1, 0.15) is 0 Å². The van der Waals surface area contributed by atoms with E-state index in [1.54, 1.807) is 0 Å². The zero-order valence-corrected chi connectivity index (χ0v) is 35.8. The van der Waals surface area contributed by atoms with Gasteiger partial charge in [-0.25, -0.2) is 0 Å². The van der Waals surface area contributed by atoms with Crippen LogP contribution in [0.2, 0.25) is 0 Å². The summed E-state index contributed by atoms with van der Waals surface area (Å²) in [7, 11) is 0. The average molecular weight is 843 g/mol. The second-order valence-electron chi connectivity index (χ2n) is 13.5. The topological polar surface area (TPSA) is 0 Å². The van der Waals surface area contributed by atoms with Crippen LogP contribution in [-0.2, 0) is 37.1 Å². The van der Waals surface area contributed by atoms with Crippen molar-refractivity contribution in [3.8, 4) is 0 Å². The molecule has 0 radical (unpaired) electrons. The molecule has 0 aromatic heterocycles. The summed E-state index contributed by atoms with van der Waals surface area (Å²) >= 11 is 1.46. The Bertz CT molecular complexity index is 2340. The van der Waals surface area contributed by atoms with Crippen molar-refractivity contribution in [3.63, 3.8) is 0 Å². The van der Waals surface area contributed by atoms with Crippen LogP contribution < -0.4 is 24.8 Å². The molecule has 9 rings (SSSR count). The van der Waals surface area contributed by atoms with E-state index in [9.17, 15) is 0 Å². The van der Waals surface area contributed by atoms with E-state index in [4.69, 9.17) is 0 Å². The van der Waals surface area contributed by atoms with Crippen molar-refractivity contribution in [3.05, 3.63) is 245 Å². The van der Waals surface area contributed by atoms with Gasteiger partial charge in [-0.15, -0.1) is 69.1 Å². The van der Waals surface area contributed by atoms with Crippen LogP contribution in [0, 0.1) is 6.08 Å². The van der Waals surface area contributed by atoms with Crippen molar-refractivity contribution in [2.75, 3.05) is 0 Å². The SMILES string of the molecule is CCc1ccc2c(c1)[cH-]c1cc(CC)ccc12.[C-]1=C(c2ccccc2)C(c2ccccc2)=CC1c1ccccc1.[Cl-].[Cl-].[Zr+2]=[C](c1ccccc1)c1ccccc1. The summed E-state index contributed by atoms with van der Waals surface area (Å²) in [6.07, 6.45) is 8.24. The molecule has 0 nitrogen and oxygen atoms in total. The third-order valence-electron chi connectivity index (χ3n) is 9.98. The first kappa shape index (κ1) is 42.4. The van der Waals surface area contributed by atoms with E-state index < -0.39 is 0 Å². The van der Waals surface area contributed by atoms with Gasteiger partial charge in [0, 0.05) is 0 Å². The molecule has 8 aromatic carbocycles. The normalized spacial score (nSPS) is 12.8. The number of hydrogen-bond acceptors (Lipinski definition) is 0. The number of benzene rings is 7. The molecule has 0 bridgehead atoms. The van der Waals surface area contributed by atoms with Crippen LogP contribution in [0.3, 0.4) is 0 Å². The van der Waals surface area contributed by atoms with Crippen LogP contribution in [0.4, 0.5) is 0 Å². The summed E-state index contributed by atoms with van der Waals surface area (Å²) in [5, 5.41) is 5.54. The number of fused-ring (bicyclic) bond motifs is 3. The molecule has 0 saturated heterocycles. The number of rotatable bonds is 7. The van der Waals surface area contributed by atoms with Gasteiger partial charge in [-0.2, -0.15) is 11.6 Å². The molecule has 8 aromatic rings. The number of aryl methyl sites for hydroxylation is 2. The molecular formula is C53H44Cl2Zr-2. The number of halogens is 2. The molecule has 0 aliphatic heterocycles. The van der Waals surface area contributed by atoms with Gasteiger partial charge < -0.3 is 24.8 Å². The minimum atomic E-state index is 0. The van der Waals surface area contributed by atoms with Gasteiger partial charge in [0.25, 0.3) is 0 Å². The average Bonchev–Trinajstić information content (AvgIpc) is 3.87. The standard InChI is InChI=1S/C23H17.C17H17.C13H10.2ClH.Zr/c1-4-10-18(11-5-1)21-16-22(19-12-6-2-7-13-19)23(17-21)20-14-8-3-9-15-20;1-3-12-5-7-16-14(9-12)11-15-10-13(4-2)6-8-17(15)16;1-3-7-12(8-4-1)11-13-9-5-2-6-10-13;;;/h1-16,21H;5-11H,3-4H2,1-2H3;1-10H;2*1H;/q2*-1;;;;+2/p-2. The van der Waals surface area contributed by atoms with Crippen LogP contribution in [-0.4, -0.2) is 3.21 Å². The van der Waals surface area contributed by atoms with Crippen molar-refractivity contribution in [1.82, 2.24) is 0 Å². The summed E-state index contributed by atoms with van der Waals surface area (Å²) < 4.78 is 1.42. The first-order chi connectivity index (χ1) is 26.6. The molecule has 0 fully saturated rings. The van der Waals surface area contributed by atoms with Crippen LogP contribution in [0.25, 0.3) is 32.7 Å². The van der Waals surface area contributed by atoms with Crippen LogP contribution >= 0.6 is 0 Å². The Morgan fingerprint density at radius 2 is 0.929 bits per heavy atom. The summed E-state index contributed by atoms with van der Waals surface area (Å²) in [4.78, 5) is 0. The summed E-state index contributed by atoms with van der Waals surface area (Å²) in [5.41, 5.74) is 11.7. The third-order valence-corrected chi connectivity index (χ3v) is 11.4. The zero-order valence-electron chi connectivity index (χ0n) is 31.8. The number of hydrogen-bond donors (Lipinski definition) is 0. The van der Waals surface area contributed by atoms with Gasteiger partial charge >= 0.3 is 99.2 Å². The second kappa shape index (κ2) is 20.9. The third kappa shape index (κ3) is 10.3. The van der Waals surface area contributed by atoms with E-state index in [0.29, 0.717) is 0 Å². The van der Waals surface area contributed by atoms with Gasteiger partial charge in [-0.1, -0.05) is 139 Å². The molecule has 0 N–H and O–H groups in total. The van der Waals surface area contributed by atoms with Crippen LogP contribution in [0.5, 0.6) is 0 Å². The summed E-state index contributed by atoms with van der Waals surface area (Å²) in [6, 6.07) is 68.8. The molecule has 1 aliphatic rings. The molecule has 0 saturated carbocycles. The Morgan fingerprint density at radius 3 is 1.38 bits per heavy atom. The van der Waals surface area contributed by atoms with Crippen LogP contribution in [0.15, 0.2) is 200 Å². The Balaban J connectivity index is 0.000000163. The Kier molecular flexibility index (Phi) is 15.8. The Labute approximate surface area is 360 Å². The molecule has 0 heterocycles. The number of allylic oxidation sites excluding steroid dienone is 4. The molecule has 276 valence electrons. The fourth-order valence-corrected chi connectivity index (χ4v) is 7.82. The monoisotopic (exact) mass is 840 g/mol. The molecule has 56 heavy (non-hydrogen) atoms. The van der Waals surface area contributed by atoms with Crippen molar-refractivity contribution in [1.29, 1.82) is 0 Å². The molecule has 1 atom stereocenters. The Hall–Kier alpha value is -4.78. The Morgan fingerprint density at radius 1 is 0.518 bits per heavy atom. The van der Waals surface area contributed by atoms with Crippen molar-refractivity contribution in [2.45, 2.75) is 32.6 Å². The van der Waals surface area contributed by atoms with Gasteiger partial charge in [0.2, 0.25) is 0 Å². The molecule has 1 aliphatic carbocycles. The molecule has 0 spiro atoms. The van der Waals surface area contributed by atoms with E-state index >= 15 is 0 Å². The van der Waals surface area contributed by atoms with E-state index in [1.807, 2.05) is 0 Å². The van der Waals surface area contributed by atoms with E-state index in [1.165, 1.54) is 99.1 Å². The molecule has 0 amide bonds. The van der Waals surface area contributed by atoms with E-state index in [0.717, 1.165) is 12.8 Å². The van der Waals surface area contributed by atoms with Gasteiger partial charge in [0.05, 0.1) is 0 Å². The first-order valence-corrected chi connectivity index (χ1v) is 20.2. The predicted molar refractivity (Wildman–Crippen MR) is 229 cm³/mol. The summed E-state index contributed by atoms with van der Waals surface area (Å²) in [6.45, 7) is 4.41. The first-order valence-electron chi connectivity index (χ1n) is 18.9. The van der Waals surface area contributed by atoms with Gasteiger partial charge in [-0.3, -0.25) is 0 Å². The maximum atomic E-state index is 3.70. The van der Waals surface area contributed by atoms with Gasteiger partial charge in [-0.05, 0) is 18.8 Å². The quantitative estimate of drug-likeness (QED) is 0.147. The molecule has 3 heteroatoms. The zero-order chi connectivity index (χ0) is 37.1. The van der Waals surface area contributed by atoms with E-state index in [2.05, 4.69) is 220 Å². The minimum absolute atomic E-state index is 0. The van der Waals surface area contributed by atoms with Gasteiger partial charge in [0.15, 0.2) is 0 Å². The fourth-order valence-electron chi connectivity index (χ4n) is 7.00. The predicted octanol–water partition coefficient (Wildman–Crippen LogP) is 7.40.